The van der Waals surface area contributed by atoms with Gasteiger partial charge in [0.25, 0.3) is 5.91 Å². The number of rotatable bonds is 11. The summed E-state index contributed by atoms with van der Waals surface area (Å²) in [4.78, 5) is 30.8. The second-order valence-corrected chi connectivity index (χ2v) is 12.6. The number of hydrogen-bond donors (Lipinski definition) is 0. The van der Waals surface area contributed by atoms with Crippen LogP contribution in [0.1, 0.15) is 76.2 Å². The third kappa shape index (κ3) is 8.15. The molecule has 1 heterocycles. The Labute approximate surface area is 244 Å². The van der Waals surface area contributed by atoms with Gasteiger partial charge in [-0.1, -0.05) is 30.3 Å². The molecule has 41 heavy (non-hydrogen) atoms. The Morgan fingerprint density at radius 1 is 1.05 bits per heavy atom. The van der Waals surface area contributed by atoms with E-state index in [1.165, 1.54) is 0 Å². The Morgan fingerprint density at radius 2 is 1.76 bits per heavy atom. The molecule has 4 rings (SSSR count). The highest BCUT2D eigenvalue weighted by Gasteiger charge is 2.60. The lowest BCUT2D eigenvalue weighted by Gasteiger charge is -2.37. The lowest BCUT2D eigenvalue weighted by molar-refractivity contribution is 0.0121. The Bertz CT molecular complexity index is 1180. The van der Waals surface area contributed by atoms with E-state index in [4.69, 9.17) is 18.9 Å². The highest BCUT2D eigenvalue weighted by atomic mass is 16.6. The van der Waals surface area contributed by atoms with Crippen molar-refractivity contribution in [1.29, 1.82) is 0 Å². The maximum atomic E-state index is 14.1. The number of carbonyl (C=O) groups is 2. The van der Waals surface area contributed by atoms with E-state index in [1.54, 1.807) is 7.11 Å². The molecule has 2 aliphatic rings. The van der Waals surface area contributed by atoms with E-state index < -0.39 is 5.60 Å². The van der Waals surface area contributed by atoms with Gasteiger partial charge in [-0.3, -0.25) is 4.79 Å². The number of nitrogens with zero attached hydrogens (tertiary/aromatic N) is 2. The number of methoxy groups -OCH3 is 1. The molecule has 1 unspecified atom stereocenters. The van der Waals surface area contributed by atoms with Crippen molar-refractivity contribution in [2.45, 2.75) is 84.6 Å². The predicted octanol–water partition coefficient (Wildman–Crippen LogP) is 6.32. The van der Waals surface area contributed by atoms with E-state index >= 15 is 0 Å². The molecule has 2 atom stereocenters. The first kappa shape index (κ1) is 30.7. The standard InChI is InChI=1S/C33H46N2O6/c1-24(2)35(29-21-33(29)14-10-15-34(23-33)31(37)41-32(3,4)5)30(36)26-18-27(39-17-11-16-38-6)20-28(19-26)40-22-25-12-8-7-9-13-25/h7-9,12-13,18-20,24,29H,10-11,14-17,21-23H2,1-6H3/t29?,33-/m0/s1. The van der Waals surface area contributed by atoms with Crippen LogP contribution in [0.2, 0.25) is 0 Å². The zero-order valence-electron chi connectivity index (χ0n) is 25.5. The molecule has 1 saturated heterocycles. The van der Waals surface area contributed by atoms with Crippen LogP contribution in [0.3, 0.4) is 0 Å². The molecule has 8 heteroatoms. The molecule has 8 nitrogen and oxygen atoms in total. The average Bonchev–Trinajstić information content (AvgIpc) is 3.60. The smallest absolute Gasteiger partial charge is 0.410 e. The summed E-state index contributed by atoms with van der Waals surface area (Å²) in [6, 6.07) is 15.4. The van der Waals surface area contributed by atoms with Crippen molar-refractivity contribution in [3.63, 3.8) is 0 Å². The van der Waals surface area contributed by atoms with Gasteiger partial charge in [0.1, 0.15) is 23.7 Å². The molecule has 224 valence electrons. The number of ether oxygens (including phenoxy) is 4. The van der Waals surface area contributed by atoms with Crippen LogP contribution in [-0.2, 0) is 16.1 Å². The zero-order valence-corrected chi connectivity index (χ0v) is 25.5. The minimum Gasteiger partial charge on any atom is -0.493 e. The Morgan fingerprint density at radius 3 is 2.41 bits per heavy atom. The number of amides is 2. The summed E-state index contributed by atoms with van der Waals surface area (Å²) in [5.74, 6) is 1.13. The largest absolute Gasteiger partial charge is 0.493 e. The van der Waals surface area contributed by atoms with E-state index in [1.807, 2.05) is 79.1 Å². The summed E-state index contributed by atoms with van der Waals surface area (Å²) < 4.78 is 22.9. The first-order chi connectivity index (χ1) is 19.5. The van der Waals surface area contributed by atoms with Crippen LogP contribution in [0.4, 0.5) is 4.79 Å². The van der Waals surface area contributed by atoms with Gasteiger partial charge in [-0.15, -0.1) is 0 Å². The van der Waals surface area contributed by atoms with Crippen molar-refractivity contribution in [3.05, 3.63) is 59.7 Å². The summed E-state index contributed by atoms with van der Waals surface area (Å²) in [5, 5.41) is 0. The van der Waals surface area contributed by atoms with Gasteiger partial charge in [0.2, 0.25) is 0 Å². The van der Waals surface area contributed by atoms with Gasteiger partial charge in [-0.05, 0) is 71.6 Å². The van der Waals surface area contributed by atoms with Crippen molar-refractivity contribution in [2.75, 3.05) is 33.4 Å². The summed E-state index contributed by atoms with van der Waals surface area (Å²) in [6.45, 7) is 12.5. The van der Waals surface area contributed by atoms with Crippen molar-refractivity contribution in [1.82, 2.24) is 9.80 Å². The van der Waals surface area contributed by atoms with Gasteiger partial charge in [0.05, 0.1) is 6.61 Å². The van der Waals surface area contributed by atoms with E-state index in [0.717, 1.165) is 31.2 Å². The molecule has 2 amide bonds. The number of likely N-dealkylation sites (tertiary alicyclic amines) is 1. The molecule has 0 aromatic heterocycles. The topological polar surface area (TPSA) is 77.5 Å². The van der Waals surface area contributed by atoms with E-state index in [2.05, 4.69) is 13.8 Å². The lowest BCUT2D eigenvalue weighted by Crippen LogP contribution is -2.48. The Kier molecular flexibility index (Phi) is 9.84. The summed E-state index contributed by atoms with van der Waals surface area (Å²) in [7, 11) is 1.67. The monoisotopic (exact) mass is 566 g/mol. The van der Waals surface area contributed by atoms with Crippen molar-refractivity contribution >= 4 is 12.0 Å². The van der Waals surface area contributed by atoms with Gasteiger partial charge in [0.15, 0.2) is 0 Å². The van der Waals surface area contributed by atoms with Crippen LogP contribution in [0.15, 0.2) is 48.5 Å². The molecule has 0 radical (unpaired) electrons. The molecule has 1 aliphatic heterocycles. The molecule has 1 saturated carbocycles. The molecule has 1 aliphatic carbocycles. The van der Waals surface area contributed by atoms with Gasteiger partial charge < -0.3 is 28.7 Å². The van der Waals surface area contributed by atoms with Crippen LogP contribution in [0.25, 0.3) is 0 Å². The Balaban J connectivity index is 1.52. The highest BCUT2D eigenvalue weighted by Crippen LogP contribution is 2.56. The summed E-state index contributed by atoms with van der Waals surface area (Å²) >= 11 is 0. The molecule has 0 N–H and O–H groups in total. The fourth-order valence-corrected chi connectivity index (χ4v) is 5.68. The molecular formula is C33H46N2O6. The van der Waals surface area contributed by atoms with Gasteiger partial charge >= 0.3 is 6.09 Å². The first-order valence-corrected chi connectivity index (χ1v) is 14.8. The second kappa shape index (κ2) is 13.1. The van der Waals surface area contributed by atoms with Crippen molar-refractivity contribution < 1.29 is 28.5 Å². The van der Waals surface area contributed by atoms with Crippen molar-refractivity contribution in [2.24, 2.45) is 5.41 Å². The molecule has 2 fully saturated rings. The number of benzene rings is 2. The summed E-state index contributed by atoms with van der Waals surface area (Å²) in [6.07, 6.45) is 3.23. The van der Waals surface area contributed by atoms with Gasteiger partial charge in [-0.25, -0.2) is 4.79 Å². The quantitative estimate of drug-likeness (QED) is 0.296. The third-order valence-corrected chi connectivity index (χ3v) is 7.67. The van der Waals surface area contributed by atoms with Crippen LogP contribution in [0.5, 0.6) is 11.5 Å². The maximum Gasteiger partial charge on any atom is 0.410 e. The molecule has 0 bridgehead atoms. The fourth-order valence-electron chi connectivity index (χ4n) is 5.68. The van der Waals surface area contributed by atoms with Crippen LogP contribution in [0, 0.1) is 5.41 Å². The van der Waals surface area contributed by atoms with E-state index in [9.17, 15) is 9.59 Å². The fraction of sp³-hybridized carbons (Fsp3) is 0.576. The molecule has 1 spiro atoms. The highest BCUT2D eigenvalue weighted by molar-refractivity contribution is 5.96. The number of piperidine rings is 1. The predicted molar refractivity (Wildman–Crippen MR) is 158 cm³/mol. The van der Waals surface area contributed by atoms with Gasteiger partial charge in [0, 0.05) is 62.4 Å². The zero-order chi connectivity index (χ0) is 29.6. The second-order valence-electron chi connectivity index (χ2n) is 12.6. The Hall–Kier alpha value is -3.26. The van der Waals surface area contributed by atoms with Crippen LogP contribution in [-0.4, -0.2) is 72.9 Å². The van der Waals surface area contributed by atoms with E-state index in [-0.39, 0.29) is 29.5 Å². The minimum atomic E-state index is -0.540. The first-order valence-electron chi connectivity index (χ1n) is 14.8. The average molecular weight is 567 g/mol. The van der Waals surface area contributed by atoms with E-state index in [0.29, 0.717) is 50.0 Å². The normalized spacial score (nSPS) is 20.2. The number of hydrogen-bond acceptors (Lipinski definition) is 6. The maximum absolute atomic E-state index is 14.1. The summed E-state index contributed by atoms with van der Waals surface area (Å²) in [5.41, 5.74) is 0.938. The third-order valence-electron chi connectivity index (χ3n) is 7.67. The lowest BCUT2D eigenvalue weighted by atomic mass is 9.93. The van der Waals surface area contributed by atoms with Crippen molar-refractivity contribution in [3.8, 4) is 11.5 Å². The molecule has 2 aromatic rings. The molecule has 2 aromatic carbocycles. The minimum absolute atomic E-state index is 0.0104. The van der Waals surface area contributed by atoms with Gasteiger partial charge in [-0.2, -0.15) is 0 Å². The van der Waals surface area contributed by atoms with Crippen LogP contribution >= 0.6 is 0 Å². The number of carbonyl (C=O) groups excluding carboxylic acids is 2. The van der Waals surface area contributed by atoms with Crippen LogP contribution < -0.4 is 9.47 Å². The SMILES string of the molecule is COCCCOc1cc(OCc2ccccc2)cc(C(=O)N(C(C)C)C2C[C@]23CCCN(C(=O)OC(C)(C)C)C3)c1. The molecular weight excluding hydrogens is 520 g/mol.